The zero-order chi connectivity index (χ0) is 12.5. The fourth-order valence-electron chi connectivity index (χ4n) is 2.00. The topological polar surface area (TPSA) is 38.3 Å². The van der Waals surface area contributed by atoms with Crippen molar-refractivity contribution in [3.8, 4) is 16.9 Å². The first kappa shape index (κ1) is 10.8. The van der Waals surface area contributed by atoms with Crippen molar-refractivity contribution in [3.05, 3.63) is 48.0 Å². The minimum absolute atomic E-state index is 0.0876. The van der Waals surface area contributed by atoms with Gasteiger partial charge in [0.2, 0.25) is 0 Å². The van der Waals surface area contributed by atoms with Gasteiger partial charge in [-0.15, -0.1) is 0 Å². The maximum atomic E-state index is 11.2. The van der Waals surface area contributed by atoms with Gasteiger partial charge in [-0.1, -0.05) is 35.9 Å². The van der Waals surface area contributed by atoms with Crippen molar-refractivity contribution >= 4 is 11.6 Å². The summed E-state index contributed by atoms with van der Waals surface area (Å²) in [6, 6.07) is 14.1. The van der Waals surface area contributed by atoms with Crippen molar-refractivity contribution in [1.82, 2.24) is 0 Å². The van der Waals surface area contributed by atoms with E-state index < -0.39 is 0 Å². The van der Waals surface area contributed by atoms with Gasteiger partial charge in [0.25, 0.3) is 5.91 Å². The molecule has 2 aromatic carbocycles. The highest BCUT2D eigenvalue weighted by Crippen LogP contribution is 2.32. The lowest BCUT2D eigenvalue weighted by molar-refractivity contribution is -0.118. The summed E-state index contributed by atoms with van der Waals surface area (Å²) >= 11 is 0. The van der Waals surface area contributed by atoms with Crippen LogP contribution in [0.25, 0.3) is 11.1 Å². The van der Waals surface area contributed by atoms with Crippen molar-refractivity contribution in [1.29, 1.82) is 0 Å². The number of carbonyl (C=O) groups is 1. The van der Waals surface area contributed by atoms with Crippen LogP contribution in [0.15, 0.2) is 42.5 Å². The smallest absolute Gasteiger partial charge is 0.262 e. The molecule has 0 saturated carbocycles. The molecule has 0 aromatic heterocycles. The van der Waals surface area contributed by atoms with Crippen LogP contribution in [0, 0.1) is 6.92 Å². The Morgan fingerprint density at radius 3 is 2.56 bits per heavy atom. The first-order valence-corrected chi connectivity index (χ1v) is 5.86. The largest absolute Gasteiger partial charge is 0.482 e. The minimum Gasteiger partial charge on any atom is -0.482 e. The van der Waals surface area contributed by atoms with Gasteiger partial charge < -0.3 is 10.1 Å². The fraction of sp³-hybridized carbons (Fsp3) is 0.133. The Kier molecular flexibility index (Phi) is 2.52. The quantitative estimate of drug-likeness (QED) is 0.830. The summed E-state index contributed by atoms with van der Waals surface area (Å²) in [6.07, 6.45) is 0. The number of benzene rings is 2. The summed E-state index contributed by atoms with van der Waals surface area (Å²) in [5.41, 5.74) is 4.20. The average Bonchev–Trinajstić information content (AvgIpc) is 2.39. The Balaban J connectivity index is 1.99. The molecule has 0 spiro atoms. The van der Waals surface area contributed by atoms with E-state index in [-0.39, 0.29) is 12.5 Å². The highest BCUT2D eigenvalue weighted by Gasteiger charge is 2.16. The van der Waals surface area contributed by atoms with Gasteiger partial charge in [0.15, 0.2) is 6.61 Å². The number of fused-ring (bicyclic) bond motifs is 1. The third kappa shape index (κ3) is 1.95. The third-order valence-electron chi connectivity index (χ3n) is 3.00. The molecule has 1 aliphatic rings. The molecule has 0 saturated heterocycles. The van der Waals surface area contributed by atoms with Crippen molar-refractivity contribution < 1.29 is 9.53 Å². The highest BCUT2D eigenvalue weighted by molar-refractivity contribution is 5.95. The molecule has 0 fully saturated rings. The molecule has 0 atom stereocenters. The van der Waals surface area contributed by atoms with Crippen LogP contribution < -0.4 is 10.1 Å². The van der Waals surface area contributed by atoms with E-state index in [9.17, 15) is 4.79 Å². The number of aryl methyl sites for hydroxylation is 1. The number of amides is 1. The molecule has 3 heteroatoms. The molecular weight excluding hydrogens is 226 g/mol. The number of rotatable bonds is 1. The summed E-state index contributed by atoms with van der Waals surface area (Å²) in [7, 11) is 0. The normalized spacial score (nSPS) is 13.5. The van der Waals surface area contributed by atoms with Crippen LogP contribution in [0.3, 0.4) is 0 Å². The van der Waals surface area contributed by atoms with E-state index in [0.717, 1.165) is 22.6 Å². The average molecular weight is 239 g/mol. The Bertz CT molecular complexity index is 602. The van der Waals surface area contributed by atoms with E-state index in [1.165, 1.54) is 5.56 Å². The third-order valence-corrected chi connectivity index (χ3v) is 3.00. The van der Waals surface area contributed by atoms with Crippen molar-refractivity contribution in [3.63, 3.8) is 0 Å². The Morgan fingerprint density at radius 1 is 1.06 bits per heavy atom. The van der Waals surface area contributed by atoms with Gasteiger partial charge in [0.1, 0.15) is 5.75 Å². The van der Waals surface area contributed by atoms with E-state index in [4.69, 9.17) is 4.74 Å². The van der Waals surface area contributed by atoms with Crippen LogP contribution in [0.2, 0.25) is 0 Å². The number of carbonyl (C=O) groups excluding carboxylic acids is 1. The SMILES string of the molecule is Cc1ccc(-c2ccc3c(c2)OCC(=O)N3)cc1. The van der Waals surface area contributed by atoms with Crippen LogP contribution in [0.4, 0.5) is 5.69 Å². The number of hydrogen-bond acceptors (Lipinski definition) is 2. The maximum absolute atomic E-state index is 11.2. The van der Waals surface area contributed by atoms with Crippen LogP contribution >= 0.6 is 0 Å². The maximum Gasteiger partial charge on any atom is 0.262 e. The van der Waals surface area contributed by atoms with Crippen LogP contribution in [0.5, 0.6) is 5.75 Å². The molecule has 0 bridgehead atoms. The Labute approximate surface area is 105 Å². The van der Waals surface area contributed by atoms with E-state index in [1.54, 1.807) is 0 Å². The standard InChI is InChI=1S/C15H13NO2/c1-10-2-4-11(5-3-10)12-6-7-13-14(8-12)18-9-15(17)16-13/h2-8H,9H2,1H3,(H,16,17). The second kappa shape index (κ2) is 4.18. The van der Waals surface area contributed by atoms with E-state index >= 15 is 0 Å². The van der Waals surface area contributed by atoms with E-state index in [0.29, 0.717) is 0 Å². The van der Waals surface area contributed by atoms with Gasteiger partial charge >= 0.3 is 0 Å². The molecule has 3 nitrogen and oxygen atoms in total. The van der Waals surface area contributed by atoms with Crippen molar-refractivity contribution in [2.24, 2.45) is 0 Å². The molecule has 0 radical (unpaired) electrons. The molecule has 1 aliphatic heterocycles. The van der Waals surface area contributed by atoms with Gasteiger partial charge in [-0.05, 0) is 30.2 Å². The predicted molar refractivity (Wildman–Crippen MR) is 70.7 cm³/mol. The Hall–Kier alpha value is -2.29. The number of hydrogen-bond donors (Lipinski definition) is 1. The predicted octanol–water partition coefficient (Wildman–Crippen LogP) is 2.99. The van der Waals surface area contributed by atoms with Crippen LogP contribution in [-0.2, 0) is 4.79 Å². The number of nitrogens with one attached hydrogen (secondary N) is 1. The number of anilines is 1. The molecular formula is C15H13NO2. The first-order chi connectivity index (χ1) is 8.72. The first-order valence-electron chi connectivity index (χ1n) is 5.86. The molecule has 90 valence electrons. The second-order valence-electron chi connectivity index (χ2n) is 4.41. The number of ether oxygens (including phenoxy) is 1. The van der Waals surface area contributed by atoms with Crippen molar-refractivity contribution in [2.75, 3.05) is 11.9 Å². The zero-order valence-corrected chi connectivity index (χ0v) is 10.1. The molecule has 1 heterocycles. The van der Waals surface area contributed by atoms with Gasteiger partial charge in [-0.3, -0.25) is 4.79 Å². The van der Waals surface area contributed by atoms with E-state index in [2.05, 4.69) is 36.5 Å². The lowest BCUT2D eigenvalue weighted by Crippen LogP contribution is -2.25. The van der Waals surface area contributed by atoms with Crippen LogP contribution in [0.1, 0.15) is 5.56 Å². The monoisotopic (exact) mass is 239 g/mol. The molecule has 18 heavy (non-hydrogen) atoms. The molecule has 1 amide bonds. The minimum atomic E-state index is -0.106. The van der Waals surface area contributed by atoms with E-state index in [1.807, 2.05) is 18.2 Å². The van der Waals surface area contributed by atoms with Crippen LogP contribution in [-0.4, -0.2) is 12.5 Å². The molecule has 0 unspecified atom stereocenters. The molecule has 2 aromatic rings. The Morgan fingerprint density at radius 2 is 1.78 bits per heavy atom. The fourth-order valence-corrected chi connectivity index (χ4v) is 2.00. The summed E-state index contributed by atoms with van der Waals surface area (Å²) in [6.45, 7) is 2.15. The van der Waals surface area contributed by atoms with Gasteiger partial charge in [-0.25, -0.2) is 0 Å². The second-order valence-corrected chi connectivity index (χ2v) is 4.41. The van der Waals surface area contributed by atoms with Crippen molar-refractivity contribution in [2.45, 2.75) is 6.92 Å². The van der Waals surface area contributed by atoms with Gasteiger partial charge in [0, 0.05) is 0 Å². The van der Waals surface area contributed by atoms with Gasteiger partial charge in [0.05, 0.1) is 5.69 Å². The van der Waals surface area contributed by atoms with Gasteiger partial charge in [-0.2, -0.15) is 0 Å². The molecule has 1 N–H and O–H groups in total. The molecule has 3 rings (SSSR count). The molecule has 0 aliphatic carbocycles. The lowest BCUT2D eigenvalue weighted by atomic mass is 10.0. The highest BCUT2D eigenvalue weighted by atomic mass is 16.5. The summed E-state index contributed by atoms with van der Waals surface area (Å²) < 4.78 is 5.41. The zero-order valence-electron chi connectivity index (χ0n) is 10.1. The summed E-state index contributed by atoms with van der Waals surface area (Å²) in [4.78, 5) is 11.2. The summed E-state index contributed by atoms with van der Waals surface area (Å²) in [5.74, 6) is 0.623. The lowest BCUT2D eigenvalue weighted by Gasteiger charge is -2.18. The summed E-state index contributed by atoms with van der Waals surface area (Å²) in [5, 5.41) is 2.78.